The van der Waals surface area contributed by atoms with Crippen LogP contribution < -0.4 is 5.32 Å². The van der Waals surface area contributed by atoms with Gasteiger partial charge in [0.05, 0.1) is 6.54 Å². The molecule has 78 valence electrons. The molecule has 0 bridgehead atoms. The number of likely N-dealkylation sites (N-methyl/N-ethyl adjacent to an activating group) is 1. The zero-order valence-corrected chi connectivity index (χ0v) is 8.60. The summed E-state index contributed by atoms with van der Waals surface area (Å²) in [5.74, 6) is 0.729. The number of nitrogens with one attached hydrogen (secondary N) is 1. The van der Waals surface area contributed by atoms with Crippen molar-refractivity contribution < 1.29 is 4.52 Å². The molecule has 0 aromatic carbocycles. The van der Waals surface area contributed by atoms with Crippen LogP contribution in [0.5, 0.6) is 0 Å². The highest BCUT2D eigenvalue weighted by Gasteiger charge is 2.25. The molecule has 14 heavy (non-hydrogen) atoms. The summed E-state index contributed by atoms with van der Waals surface area (Å²) in [6.45, 7) is 4.04. The van der Waals surface area contributed by atoms with Gasteiger partial charge in [-0.2, -0.15) is 4.98 Å². The third-order valence-electron chi connectivity index (χ3n) is 2.84. The predicted molar refractivity (Wildman–Crippen MR) is 51.6 cm³/mol. The van der Waals surface area contributed by atoms with Crippen molar-refractivity contribution in [1.82, 2.24) is 20.4 Å². The highest BCUT2D eigenvalue weighted by Crippen LogP contribution is 2.14. The summed E-state index contributed by atoms with van der Waals surface area (Å²) in [6, 6.07) is 1.21. The molecule has 2 rings (SSSR count). The SMILES string of the molecule is CC1CC(NCc2ncon2)CN1C. The van der Waals surface area contributed by atoms with E-state index in [2.05, 4.69) is 38.9 Å². The van der Waals surface area contributed by atoms with Gasteiger partial charge in [0.1, 0.15) is 0 Å². The van der Waals surface area contributed by atoms with Crippen molar-refractivity contribution in [3.8, 4) is 0 Å². The first-order valence-electron chi connectivity index (χ1n) is 4.94. The lowest BCUT2D eigenvalue weighted by Gasteiger charge is -2.12. The fourth-order valence-corrected chi connectivity index (χ4v) is 1.85. The fraction of sp³-hybridized carbons (Fsp3) is 0.778. The molecule has 0 saturated carbocycles. The summed E-state index contributed by atoms with van der Waals surface area (Å²) >= 11 is 0. The molecule has 1 N–H and O–H groups in total. The van der Waals surface area contributed by atoms with Crippen molar-refractivity contribution in [1.29, 1.82) is 0 Å². The normalized spacial score (nSPS) is 28.4. The summed E-state index contributed by atoms with van der Waals surface area (Å²) in [6.07, 6.45) is 2.55. The van der Waals surface area contributed by atoms with Gasteiger partial charge in [-0.3, -0.25) is 0 Å². The number of likely N-dealkylation sites (tertiary alicyclic amines) is 1. The third kappa shape index (κ3) is 2.10. The van der Waals surface area contributed by atoms with Crippen molar-refractivity contribution in [2.75, 3.05) is 13.6 Å². The van der Waals surface area contributed by atoms with Crippen LogP contribution in [0, 0.1) is 0 Å². The van der Waals surface area contributed by atoms with E-state index in [1.807, 2.05) is 0 Å². The minimum Gasteiger partial charge on any atom is -0.343 e. The summed E-state index contributed by atoms with van der Waals surface area (Å²) in [4.78, 5) is 6.32. The van der Waals surface area contributed by atoms with E-state index in [1.54, 1.807) is 0 Å². The maximum Gasteiger partial charge on any atom is 0.213 e. The van der Waals surface area contributed by atoms with Crippen LogP contribution >= 0.6 is 0 Å². The molecule has 0 spiro atoms. The van der Waals surface area contributed by atoms with E-state index in [4.69, 9.17) is 0 Å². The van der Waals surface area contributed by atoms with Crippen molar-refractivity contribution in [2.45, 2.75) is 32.0 Å². The van der Waals surface area contributed by atoms with Crippen LogP contribution in [0.15, 0.2) is 10.9 Å². The zero-order valence-electron chi connectivity index (χ0n) is 8.60. The molecule has 1 fully saturated rings. The summed E-state index contributed by atoms with van der Waals surface area (Å²) < 4.78 is 4.66. The van der Waals surface area contributed by atoms with Gasteiger partial charge in [-0.15, -0.1) is 0 Å². The molecule has 1 saturated heterocycles. The zero-order chi connectivity index (χ0) is 9.97. The summed E-state index contributed by atoms with van der Waals surface area (Å²) in [5, 5.41) is 7.17. The van der Waals surface area contributed by atoms with Crippen molar-refractivity contribution in [3.63, 3.8) is 0 Å². The number of nitrogens with zero attached hydrogens (tertiary/aromatic N) is 3. The van der Waals surface area contributed by atoms with Crippen LogP contribution in [-0.4, -0.2) is 40.7 Å². The number of aromatic nitrogens is 2. The van der Waals surface area contributed by atoms with E-state index in [-0.39, 0.29) is 0 Å². The Labute approximate surface area is 83.5 Å². The average Bonchev–Trinajstić information content (AvgIpc) is 2.74. The number of hydrogen-bond acceptors (Lipinski definition) is 5. The lowest BCUT2D eigenvalue weighted by atomic mass is 10.2. The Kier molecular flexibility index (Phi) is 2.79. The monoisotopic (exact) mass is 196 g/mol. The largest absolute Gasteiger partial charge is 0.343 e. The van der Waals surface area contributed by atoms with Crippen molar-refractivity contribution in [3.05, 3.63) is 12.2 Å². The average molecular weight is 196 g/mol. The van der Waals surface area contributed by atoms with E-state index in [0.29, 0.717) is 18.6 Å². The van der Waals surface area contributed by atoms with Crippen LogP contribution in [0.4, 0.5) is 0 Å². The topological polar surface area (TPSA) is 54.2 Å². The quantitative estimate of drug-likeness (QED) is 0.751. The predicted octanol–water partition coefficient (Wildman–Crippen LogP) is 0.252. The Hall–Kier alpha value is -0.940. The van der Waals surface area contributed by atoms with Crippen molar-refractivity contribution in [2.24, 2.45) is 0 Å². The second kappa shape index (κ2) is 4.06. The lowest BCUT2D eigenvalue weighted by Crippen LogP contribution is -2.31. The number of rotatable bonds is 3. The molecule has 1 aliphatic rings. The van der Waals surface area contributed by atoms with E-state index < -0.39 is 0 Å². The molecular weight excluding hydrogens is 180 g/mol. The molecular formula is C9H16N4O. The molecule has 1 aromatic heterocycles. The van der Waals surface area contributed by atoms with Gasteiger partial charge in [0.25, 0.3) is 0 Å². The maximum absolute atomic E-state index is 4.66. The Morgan fingerprint density at radius 3 is 3.14 bits per heavy atom. The van der Waals surface area contributed by atoms with E-state index >= 15 is 0 Å². The van der Waals surface area contributed by atoms with Gasteiger partial charge >= 0.3 is 0 Å². The van der Waals surface area contributed by atoms with Gasteiger partial charge in [0.2, 0.25) is 6.39 Å². The highest BCUT2D eigenvalue weighted by atomic mass is 16.5. The molecule has 5 nitrogen and oxygen atoms in total. The molecule has 2 unspecified atom stereocenters. The van der Waals surface area contributed by atoms with Crippen LogP contribution in [0.25, 0.3) is 0 Å². The minimum atomic E-state index is 0.550. The van der Waals surface area contributed by atoms with Gasteiger partial charge in [0, 0.05) is 18.6 Å². The van der Waals surface area contributed by atoms with Gasteiger partial charge < -0.3 is 14.7 Å². The molecule has 0 amide bonds. The highest BCUT2D eigenvalue weighted by molar-refractivity contribution is 4.87. The molecule has 0 radical (unpaired) electrons. The molecule has 2 atom stereocenters. The second-order valence-corrected chi connectivity index (χ2v) is 3.95. The second-order valence-electron chi connectivity index (χ2n) is 3.95. The van der Waals surface area contributed by atoms with Gasteiger partial charge in [0.15, 0.2) is 5.82 Å². The first-order chi connectivity index (χ1) is 6.75. The van der Waals surface area contributed by atoms with Crippen LogP contribution in [-0.2, 0) is 6.54 Å². The minimum absolute atomic E-state index is 0.550. The first kappa shape index (κ1) is 9.61. The maximum atomic E-state index is 4.66. The lowest BCUT2D eigenvalue weighted by molar-refractivity contribution is 0.326. The Morgan fingerprint density at radius 2 is 2.57 bits per heavy atom. The Balaban J connectivity index is 1.77. The molecule has 1 aliphatic heterocycles. The fourth-order valence-electron chi connectivity index (χ4n) is 1.85. The van der Waals surface area contributed by atoms with Crippen LogP contribution in [0.3, 0.4) is 0 Å². The third-order valence-corrected chi connectivity index (χ3v) is 2.84. The number of hydrogen-bond donors (Lipinski definition) is 1. The standard InChI is InChI=1S/C9H16N4O/c1-7-3-8(5-13(7)2)10-4-9-11-6-14-12-9/h6-8,10H,3-5H2,1-2H3. The molecule has 5 heteroatoms. The van der Waals surface area contributed by atoms with E-state index in [0.717, 1.165) is 12.4 Å². The molecule has 0 aliphatic carbocycles. The van der Waals surface area contributed by atoms with E-state index in [1.165, 1.54) is 12.8 Å². The van der Waals surface area contributed by atoms with Crippen LogP contribution in [0.2, 0.25) is 0 Å². The van der Waals surface area contributed by atoms with Gasteiger partial charge in [-0.1, -0.05) is 5.16 Å². The summed E-state index contributed by atoms with van der Waals surface area (Å²) in [7, 11) is 2.15. The smallest absolute Gasteiger partial charge is 0.213 e. The van der Waals surface area contributed by atoms with Gasteiger partial charge in [-0.25, -0.2) is 0 Å². The summed E-state index contributed by atoms with van der Waals surface area (Å²) in [5.41, 5.74) is 0. The molecule has 2 heterocycles. The van der Waals surface area contributed by atoms with E-state index in [9.17, 15) is 0 Å². The Bertz CT molecular complexity index is 264. The van der Waals surface area contributed by atoms with Crippen LogP contribution in [0.1, 0.15) is 19.2 Å². The first-order valence-corrected chi connectivity index (χ1v) is 4.94. The molecule has 1 aromatic rings. The Morgan fingerprint density at radius 1 is 1.71 bits per heavy atom. The van der Waals surface area contributed by atoms with Gasteiger partial charge in [-0.05, 0) is 20.4 Å². The van der Waals surface area contributed by atoms with Crippen molar-refractivity contribution >= 4 is 0 Å².